The summed E-state index contributed by atoms with van der Waals surface area (Å²) in [6.45, 7) is 4.19. The first-order chi connectivity index (χ1) is 11.4. The maximum absolute atomic E-state index is 10.2. The molecule has 0 aliphatic carbocycles. The van der Waals surface area contributed by atoms with Gasteiger partial charge in [0.25, 0.3) is 0 Å². The molecule has 0 aliphatic rings. The summed E-state index contributed by atoms with van der Waals surface area (Å²) < 4.78 is 0. The SMILES string of the molecule is Cc1ccc(C)cc1.O=C(O)CCCCCCCCCCC(=O)O. The van der Waals surface area contributed by atoms with Crippen molar-refractivity contribution >= 4 is 11.9 Å². The number of hydrogen-bond acceptors (Lipinski definition) is 2. The zero-order chi connectivity index (χ0) is 18.2. The van der Waals surface area contributed by atoms with E-state index in [-0.39, 0.29) is 12.8 Å². The molecular weight excluding hydrogens is 304 g/mol. The van der Waals surface area contributed by atoms with Crippen LogP contribution in [0.25, 0.3) is 0 Å². The molecule has 0 heterocycles. The second kappa shape index (κ2) is 14.7. The zero-order valence-electron chi connectivity index (χ0n) is 15.1. The van der Waals surface area contributed by atoms with Gasteiger partial charge in [0.2, 0.25) is 0 Å². The van der Waals surface area contributed by atoms with E-state index in [1.54, 1.807) is 0 Å². The molecule has 0 aliphatic heterocycles. The Labute approximate surface area is 145 Å². The fourth-order valence-corrected chi connectivity index (χ4v) is 2.25. The first-order valence-electron chi connectivity index (χ1n) is 8.88. The van der Waals surface area contributed by atoms with Crippen LogP contribution in [-0.2, 0) is 9.59 Å². The van der Waals surface area contributed by atoms with Crippen LogP contribution in [0.3, 0.4) is 0 Å². The van der Waals surface area contributed by atoms with Crippen molar-refractivity contribution in [3.05, 3.63) is 35.4 Å². The number of carboxylic acids is 2. The number of benzene rings is 1. The second-order valence-electron chi connectivity index (χ2n) is 6.27. The fraction of sp³-hybridized carbons (Fsp3) is 0.600. The van der Waals surface area contributed by atoms with Gasteiger partial charge in [0.05, 0.1) is 0 Å². The molecule has 0 unspecified atom stereocenters. The molecule has 1 aromatic carbocycles. The summed E-state index contributed by atoms with van der Waals surface area (Å²) in [6.07, 6.45) is 8.51. The number of hydrogen-bond donors (Lipinski definition) is 2. The molecule has 1 aromatic rings. The molecule has 136 valence electrons. The third-order valence-electron chi connectivity index (χ3n) is 3.75. The van der Waals surface area contributed by atoms with Crippen molar-refractivity contribution in [3.63, 3.8) is 0 Å². The summed E-state index contributed by atoms with van der Waals surface area (Å²) in [5.74, 6) is -1.43. The van der Waals surface area contributed by atoms with E-state index in [9.17, 15) is 9.59 Å². The van der Waals surface area contributed by atoms with Gasteiger partial charge in [-0.15, -0.1) is 0 Å². The lowest BCUT2D eigenvalue weighted by molar-refractivity contribution is -0.138. The predicted octanol–water partition coefficient (Wildman–Crippen LogP) is 5.36. The van der Waals surface area contributed by atoms with Crippen LogP contribution in [0.5, 0.6) is 0 Å². The van der Waals surface area contributed by atoms with Gasteiger partial charge in [-0.3, -0.25) is 9.59 Å². The van der Waals surface area contributed by atoms with Crippen molar-refractivity contribution in [3.8, 4) is 0 Å². The lowest BCUT2D eigenvalue weighted by Crippen LogP contribution is -1.94. The normalized spacial score (nSPS) is 9.92. The molecule has 0 radical (unpaired) electrons. The highest BCUT2D eigenvalue weighted by molar-refractivity contribution is 5.66. The maximum Gasteiger partial charge on any atom is 0.303 e. The van der Waals surface area contributed by atoms with Crippen molar-refractivity contribution in [2.24, 2.45) is 0 Å². The number of aryl methyl sites for hydroxylation is 2. The van der Waals surface area contributed by atoms with E-state index in [4.69, 9.17) is 10.2 Å². The molecule has 1 rings (SSSR count). The highest BCUT2D eigenvalue weighted by Gasteiger charge is 1.98. The Morgan fingerprint density at radius 3 is 1.12 bits per heavy atom. The molecule has 4 heteroatoms. The van der Waals surface area contributed by atoms with E-state index in [1.165, 1.54) is 11.1 Å². The monoisotopic (exact) mass is 336 g/mol. The largest absolute Gasteiger partial charge is 0.481 e. The minimum absolute atomic E-state index is 0.276. The molecule has 0 bridgehead atoms. The quantitative estimate of drug-likeness (QED) is 0.533. The summed E-state index contributed by atoms with van der Waals surface area (Å²) >= 11 is 0. The van der Waals surface area contributed by atoms with Gasteiger partial charge >= 0.3 is 11.9 Å². The Bertz CT molecular complexity index is 408. The van der Waals surface area contributed by atoms with Crippen LogP contribution < -0.4 is 0 Å². The molecule has 0 saturated heterocycles. The highest BCUT2D eigenvalue weighted by atomic mass is 16.4. The molecule has 0 spiro atoms. The van der Waals surface area contributed by atoms with E-state index >= 15 is 0 Å². The molecule has 0 fully saturated rings. The van der Waals surface area contributed by atoms with E-state index < -0.39 is 11.9 Å². The maximum atomic E-state index is 10.2. The van der Waals surface area contributed by atoms with E-state index in [0.717, 1.165) is 51.4 Å². The second-order valence-corrected chi connectivity index (χ2v) is 6.27. The van der Waals surface area contributed by atoms with Crippen molar-refractivity contribution in [2.45, 2.75) is 78.1 Å². The molecule has 24 heavy (non-hydrogen) atoms. The number of unbranched alkanes of at least 4 members (excludes halogenated alkanes) is 7. The minimum Gasteiger partial charge on any atom is -0.481 e. The van der Waals surface area contributed by atoms with Crippen molar-refractivity contribution in [1.29, 1.82) is 0 Å². The van der Waals surface area contributed by atoms with Crippen LogP contribution in [0.4, 0.5) is 0 Å². The number of rotatable bonds is 11. The summed E-state index contributed by atoms with van der Waals surface area (Å²) in [4.78, 5) is 20.4. The number of carboxylic acid groups (broad SMARTS) is 2. The molecule has 4 nitrogen and oxygen atoms in total. The van der Waals surface area contributed by atoms with Gasteiger partial charge in [-0.05, 0) is 26.7 Å². The smallest absolute Gasteiger partial charge is 0.303 e. The minimum atomic E-state index is -0.714. The van der Waals surface area contributed by atoms with Gasteiger partial charge in [-0.2, -0.15) is 0 Å². The van der Waals surface area contributed by atoms with Crippen LogP contribution in [-0.4, -0.2) is 22.2 Å². The average molecular weight is 336 g/mol. The molecular formula is C20H32O4. The topological polar surface area (TPSA) is 74.6 Å². The summed E-state index contributed by atoms with van der Waals surface area (Å²) in [6, 6.07) is 8.48. The van der Waals surface area contributed by atoms with Crippen LogP contribution >= 0.6 is 0 Å². The predicted molar refractivity (Wildman–Crippen MR) is 97.4 cm³/mol. The van der Waals surface area contributed by atoms with E-state index in [2.05, 4.69) is 38.1 Å². The van der Waals surface area contributed by atoms with Gasteiger partial charge in [0.1, 0.15) is 0 Å². The molecule has 0 saturated carbocycles. The van der Waals surface area contributed by atoms with Crippen LogP contribution in [0.1, 0.15) is 75.3 Å². The standard InChI is InChI=1S/C12H22O4.C8H10/c13-11(14)9-7-5-3-1-2-4-6-8-10-12(15)16;1-7-3-5-8(2)6-4-7/h1-10H2,(H,13,14)(H,15,16);3-6H,1-2H3. The van der Waals surface area contributed by atoms with Crippen LogP contribution in [0.2, 0.25) is 0 Å². The van der Waals surface area contributed by atoms with Crippen molar-refractivity contribution in [1.82, 2.24) is 0 Å². The Hall–Kier alpha value is -1.84. The summed E-state index contributed by atoms with van der Waals surface area (Å²) in [7, 11) is 0. The summed E-state index contributed by atoms with van der Waals surface area (Å²) in [5, 5.41) is 16.8. The van der Waals surface area contributed by atoms with Gasteiger partial charge < -0.3 is 10.2 Å². The molecule has 2 N–H and O–H groups in total. The van der Waals surface area contributed by atoms with Crippen molar-refractivity contribution in [2.75, 3.05) is 0 Å². The lowest BCUT2D eigenvalue weighted by atomic mass is 10.1. The van der Waals surface area contributed by atoms with E-state index in [0.29, 0.717) is 0 Å². The van der Waals surface area contributed by atoms with E-state index in [1.807, 2.05) is 0 Å². The van der Waals surface area contributed by atoms with Gasteiger partial charge in [-0.25, -0.2) is 0 Å². The highest BCUT2D eigenvalue weighted by Crippen LogP contribution is 2.10. The first-order valence-corrected chi connectivity index (χ1v) is 8.88. The van der Waals surface area contributed by atoms with Crippen LogP contribution in [0.15, 0.2) is 24.3 Å². The fourth-order valence-electron chi connectivity index (χ4n) is 2.25. The third kappa shape index (κ3) is 16.5. The number of aliphatic carboxylic acids is 2. The lowest BCUT2D eigenvalue weighted by Gasteiger charge is -2.00. The Morgan fingerprint density at radius 1 is 0.625 bits per heavy atom. The Morgan fingerprint density at radius 2 is 0.875 bits per heavy atom. The average Bonchev–Trinajstić information content (AvgIpc) is 2.52. The van der Waals surface area contributed by atoms with Gasteiger partial charge in [-0.1, -0.05) is 73.9 Å². The van der Waals surface area contributed by atoms with Gasteiger partial charge in [0.15, 0.2) is 0 Å². The van der Waals surface area contributed by atoms with Crippen LogP contribution in [0, 0.1) is 13.8 Å². The van der Waals surface area contributed by atoms with Crippen molar-refractivity contribution < 1.29 is 19.8 Å². The van der Waals surface area contributed by atoms with Gasteiger partial charge in [0, 0.05) is 12.8 Å². The molecule has 0 amide bonds. The molecule has 0 aromatic heterocycles. The molecule has 0 atom stereocenters. The number of carbonyl (C=O) groups is 2. The first kappa shape index (κ1) is 22.2. The third-order valence-corrected chi connectivity index (χ3v) is 3.75. The zero-order valence-corrected chi connectivity index (χ0v) is 15.1. The summed E-state index contributed by atoms with van der Waals surface area (Å²) in [5.41, 5.74) is 2.66. The Balaban J connectivity index is 0.000000546. The Kier molecular flexibility index (Phi) is 13.6.